The summed E-state index contributed by atoms with van der Waals surface area (Å²) in [5.74, 6) is 0. The third kappa shape index (κ3) is 3.20. The van der Waals surface area contributed by atoms with Crippen molar-refractivity contribution in [1.82, 2.24) is 16.0 Å². The van der Waals surface area contributed by atoms with Gasteiger partial charge in [-0.3, -0.25) is 5.32 Å². The molecule has 0 fully saturated rings. The van der Waals surface area contributed by atoms with E-state index in [2.05, 4.69) is 22.0 Å². The van der Waals surface area contributed by atoms with Crippen molar-refractivity contribution in [2.75, 3.05) is 13.6 Å². The zero-order chi connectivity index (χ0) is 12.8. The Morgan fingerprint density at radius 1 is 1.28 bits per heavy atom. The van der Waals surface area contributed by atoms with Crippen LogP contribution in [0.3, 0.4) is 0 Å². The van der Waals surface area contributed by atoms with E-state index < -0.39 is 0 Å². The van der Waals surface area contributed by atoms with Crippen LogP contribution in [0.2, 0.25) is 0 Å². The number of benzene rings is 1. The number of rotatable bonds is 5. The molecule has 1 aliphatic heterocycles. The smallest absolute Gasteiger partial charge is 0.0826 e. The van der Waals surface area contributed by atoms with Gasteiger partial charge in [-0.25, -0.2) is 0 Å². The summed E-state index contributed by atoms with van der Waals surface area (Å²) in [6.07, 6.45) is 5.92. The van der Waals surface area contributed by atoms with E-state index in [1.807, 2.05) is 49.7 Å². The van der Waals surface area contributed by atoms with Crippen LogP contribution in [0, 0.1) is 0 Å². The second-order valence-electron chi connectivity index (χ2n) is 4.26. The van der Waals surface area contributed by atoms with E-state index in [1.54, 1.807) is 0 Å². The molecule has 2 unspecified atom stereocenters. The maximum Gasteiger partial charge on any atom is 0.0826 e. The molecule has 0 saturated carbocycles. The lowest BCUT2D eigenvalue weighted by Gasteiger charge is -2.26. The standard InChI is InChI=1S/C14H20N4/c1-16-14(12-8-5-9-17-10-12)18-13(15)11-6-3-2-4-7-11/h2-9,13-14,16-18H,10,15H2,1H3. The van der Waals surface area contributed by atoms with Crippen molar-refractivity contribution in [3.63, 3.8) is 0 Å². The van der Waals surface area contributed by atoms with Crippen LogP contribution in [0.5, 0.6) is 0 Å². The largest absolute Gasteiger partial charge is 0.387 e. The minimum absolute atomic E-state index is 0.0673. The van der Waals surface area contributed by atoms with Crippen molar-refractivity contribution in [2.45, 2.75) is 12.3 Å². The zero-order valence-electron chi connectivity index (χ0n) is 10.6. The van der Waals surface area contributed by atoms with Crippen LogP contribution in [0.15, 0.2) is 54.3 Å². The summed E-state index contributed by atoms with van der Waals surface area (Å²) in [6.45, 7) is 0.830. The minimum Gasteiger partial charge on any atom is -0.387 e. The highest BCUT2D eigenvalue weighted by Gasteiger charge is 2.16. The van der Waals surface area contributed by atoms with Crippen LogP contribution in [0.1, 0.15) is 11.7 Å². The molecule has 1 aromatic rings. The molecule has 96 valence electrons. The topological polar surface area (TPSA) is 62.1 Å². The van der Waals surface area contributed by atoms with Gasteiger partial charge in [-0.15, -0.1) is 0 Å². The van der Waals surface area contributed by atoms with Crippen molar-refractivity contribution in [1.29, 1.82) is 0 Å². The summed E-state index contributed by atoms with van der Waals surface area (Å²) in [4.78, 5) is 0. The van der Waals surface area contributed by atoms with Crippen LogP contribution < -0.4 is 21.7 Å². The Morgan fingerprint density at radius 2 is 2.06 bits per heavy atom. The first-order valence-corrected chi connectivity index (χ1v) is 6.14. The van der Waals surface area contributed by atoms with Crippen molar-refractivity contribution >= 4 is 0 Å². The van der Waals surface area contributed by atoms with Crippen molar-refractivity contribution < 1.29 is 0 Å². The molecular formula is C14H20N4. The molecule has 0 amide bonds. The summed E-state index contributed by atoms with van der Waals surface area (Å²) >= 11 is 0. The van der Waals surface area contributed by atoms with E-state index >= 15 is 0 Å². The van der Waals surface area contributed by atoms with Gasteiger partial charge < -0.3 is 16.4 Å². The molecule has 1 aromatic carbocycles. The predicted molar refractivity (Wildman–Crippen MR) is 74.6 cm³/mol. The average Bonchev–Trinajstić information content (AvgIpc) is 2.46. The third-order valence-corrected chi connectivity index (χ3v) is 2.99. The first-order chi connectivity index (χ1) is 8.81. The predicted octanol–water partition coefficient (Wildman–Crippen LogP) is 0.822. The maximum absolute atomic E-state index is 6.16. The first-order valence-electron chi connectivity index (χ1n) is 6.14. The number of dihydropyridines is 1. The Bertz CT molecular complexity index is 425. The van der Waals surface area contributed by atoms with E-state index in [9.17, 15) is 0 Å². The Labute approximate surface area is 108 Å². The van der Waals surface area contributed by atoms with E-state index in [0.29, 0.717) is 0 Å². The molecule has 1 heterocycles. The van der Waals surface area contributed by atoms with Gasteiger partial charge in [0.05, 0.1) is 12.3 Å². The Morgan fingerprint density at radius 3 is 2.67 bits per heavy atom. The van der Waals surface area contributed by atoms with E-state index in [1.165, 1.54) is 5.57 Å². The molecule has 0 spiro atoms. The average molecular weight is 244 g/mol. The van der Waals surface area contributed by atoms with E-state index in [4.69, 9.17) is 5.73 Å². The van der Waals surface area contributed by atoms with Crippen LogP contribution in [0.4, 0.5) is 0 Å². The summed E-state index contributed by atoms with van der Waals surface area (Å²) < 4.78 is 0. The molecule has 0 aromatic heterocycles. The van der Waals surface area contributed by atoms with Gasteiger partial charge in [0.1, 0.15) is 0 Å². The molecule has 0 aliphatic carbocycles. The number of allylic oxidation sites excluding steroid dienone is 2. The number of nitrogens with one attached hydrogen (secondary N) is 3. The summed E-state index contributed by atoms with van der Waals surface area (Å²) in [7, 11) is 1.93. The molecular weight excluding hydrogens is 224 g/mol. The highest BCUT2D eigenvalue weighted by molar-refractivity contribution is 5.24. The number of hydrogen-bond acceptors (Lipinski definition) is 4. The van der Waals surface area contributed by atoms with Gasteiger partial charge >= 0.3 is 0 Å². The Hall–Kier alpha value is -1.62. The number of likely N-dealkylation sites (N-methyl/N-ethyl adjacent to an activating group) is 1. The Balaban J connectivity index is 2.02. The molecule has 5 N–H and O–H groups in total. The fraction of sp³-hybridized carbons (Fsp3) is 0.286. The summed E-state index contributed by atoms with van der Waals surface area (Å²) in [5.41, 5.74) is 8.48. The molecule has 0 bridgehead atoms. The lowest BCUT2D eigenvalue weighted by molar-refractivity contribution is 0.434. The van der Waals surface area contributed by atoms with Crippen LogP contribution in [-0.2, 0) is 0 Å². The second-order valence-corrected chi connectivity index (χ2v) is 4.26. The fourth-order valence-electron chi connectivity index (χ4n) is 1.99. The zero-order valence-corrected chi connectivity index (χ0v) is 10.6. The highest BCUT2D eigenvalue weighted by Crippen LogP contribution is 2.10. The molecule has 18 heavy (non-hydrogen) atoms. The monoisotopic (exact) mass is 244 g/mol. The molecule has 2 rings (SSSR count). The van der Waals surface area contributed by atoms with Gasteiger partial charge in [-0.05, 0) is 30.5 Å². The van der Waals surface area contributed by atoms with E-state index in [0.717, 1.165) is 12.1 Å². The van der Waals surface area contributed by atoms with E-state index in [-0.39, 0.29) is 12.3 Å². The van der Waals surface area contributed by atoms with Crippen molar-refractivity contribution in [3.05, 3.63) is 59.8 Å². The van der Waals surface area contributed by atoms with Crippen molar-refractivity contribution in [3.8, 4) is 0 Å². The molecule has 2 atom stereocenters. The number of hydrogen-bond donors (Lipinski definition) is 4. The fourth-order valence-corrected chi connectivity index (χ4v) is 1.99. The maximum atomic E-state index is 6.16. The van der Waals surface area contributed by atoms with Gasteiger partial charge in [0.15, 0.2) is 0 Å². The molecule has 0 saturated heterocycles. The lowest BCUT2D eigenvalue weighted by Crippen LogP contribution is -2.48. The molecule has 1 aliphatic rings. The SMILES string of the molecule is CNC(NC(N)c1ccccc1)C1=CC=CNC1. The van der Waals surface area contributed by atoms with Crippen LogP contribution >= 0.6 is 0 Å². The van der Waals surface area contributed by atoms with Crippen molar-refractivity contribution in [2.24, 2.45) is 5.73 Å². The third-order valence-electron chi connectivity index (χ3n) is 2.99. The summed E-state index contributed by atoms with van der Waals surface area (Å²) in [6, 6.07) is 10.0. The first kappa shape index (κ1) is 12.8. The Kier molecular flexibility index (Phi) is 4.52. The lowest BCUT2D eigenvalue weighted by atomic mass is 10.1. The minimum atomic E-state index is -0.185. The summed E-state index contributed by atoms with van der Waals surface area (Å²) in [5, 5.41) is 9.81. The van der Waals surface area contributed by atoms with Gasteiger partial charge in [0.25, 0.3) is 0 Å². The van der Waals surface area contributed by atoms with Crippen LogP contribution in [0.25, 0.3) is 0 Å². The second kappa shape index (κ2) is 6.35. The molecule has 0 radical (unpaired) electrons. The molecule has 4 nitrogen and oxygen atoms in total. The molecule has 4 heteroatoms. The quantitative estimate of drug-likeness (QED) is 0.579. The van der Waals surface area contributed by atoms with Gasteiger partial charge in [-0.2, -0.15) is 0 Å². The number of nitrogens with two attached hydrogens (primary N) is 1. The van der Waals surface area contributed by atoms with Gasteiger partial charge in [0, 0.05) is 6.54 Å². The van der Waals surface area contributed by atoms with Crippen LogP contribution in [-0.4, -0.2) is 19.8 Å². The highest BCUT2D eigenvalue weighted by atomic mass is 15.2. The van der Waals surface area contributed by atoms with Gasteiger partial charge in [0.2, 0.25) is 0 Å². The normalized spacial score (nSPS) is 17.8. The van der Waals surface area contributed by atoms with Gasteiger partial charge in [-0.1, -0.05) is 36.4 Å².